The first kappa shape index (κ1) is 24.0. The molecule has 7 nitrogen and oxygen atoms in total. The zero-order chi connectivity index (χ0) is 25.4. The number of fused-ring (bicyclic) bond motifs is 1. The third-order valence-corrected chi connectivity index (χ3v) is 6.68. The minimum Gasteiger partial charge on any atom is -0.491 e. The summed E-state index contributed by atoms with van der Waals surface area (Å²) in [4.78, 5) is 15.3. The number of hydrogen-bond donors (Lipinski definition) is 1. The summed E-state index contributed by atoms with van der Waals surface area (Å²) >= 11 is 1.12. The molecule has 1 N–H and O–H groups in total. The second-order valence-corrected chi connectivity index (χ2v) is 9.82. The van der Waals surface area contributed by atoms with Crippen molar-refractivity contribution in [1.82, 2.24) is 8.75 Å². The zero-order valence-corrected chi connectivity index (χ0v) is 21.4. The van der Waals surface area contributed by atoms with Gasteiger partial charge in [-0.3, -0.25) is 0 Å². The molecule has 3 aromatic carbocycles. The number of aliphatic hydroxyl groups is 1. The van der Waals surface area contributed by atoms with Crippen molar-refractivity contribution in [2.45, 2.75) is 32.2 Å². The van der Waals surface area contributed by atoms with Crippen molar-refractivity contribution in [2.24, 2.45) is 0 Å². The molecule has 1 atom stereocenters. The second kappa shape index (κ2) is 9.37. The number of carbonyl (C=O) groups is 1. The zero-order valence-electron chi connectivity index (χ0n) is 20.6. The van der Waals surface area contributed by atoms with E-state index in [0.29, 0.717) is 40.0 Å². The van der Waals surface area contributed by atoms with Crippen LogP contribution in [-0.2, 0) is 21.7 Å². The largest absolute Gasteiger partial charge is 0.491 e. The molecule has 1 aliphatic rings. The number of aromatic nitrogens is 2. The number of benzene rings is 3. The van der Waals surface area contributed by atoms with Crippen molar-refractivity contribution in [3.05, 3.63) is 89.0 Å². The smallest absolute Gasteiger partial charge is 0.342 e. The molecule has 0 saturated heterocycles. The van der Waals surface area contributed by atoms with E-state index in [0.717, 1.165) is 28.5 Å². The van der Waals surface area contributed by atoms with Crippen molar-refractivity contribution in [3.63, 3.8) is 0 Å². The molecule has 5 rings (SSSR count). The van der Waals surface area contributed by atoms with E-state index in [4.69, 9.17) is 9.47 Å². The summed E-state index contributed by atoms with van der Waals surface area (Å²) in [6.45, 7) is 3.90. The van der Waals surface area contributed by atoms with Crippen LogP contribution in [0.5, 0.6) is 5.75 Å². The number of ether oxygens (including phenoxy) is 2. The number of hydrogen-bond acceptors (Lipinski definition) is 8. The third kappa shape index (κ3) is 4.45. The van der Waals surface area contributed by atoms with E-state index in [1.54, 1.807) is 24.3 Å². The van der Waals surface area contributed by atoms with Crippen LogP contribution < -0.4 is 9.64 Å². The Hall–Kier alpha value is -3.75. The van der Waals surface area contributed by atoms with Crippen molar-refractivity contribution in [2.75, 3.05) is 19.0 Å². The third-order valence-electron chi connectivity index (χ3n) is 6.12. The lowest BCUT2D eigenvalue weighted by molar-refractivity contribution is -0.185. The fraction of sp³-hybridized carbons (Fsp3) is 0.250. The summed E-state index contributed by atoms with van der Waals surface area (Å²) < 4.78 is 20.1. The Morgan fingerprint density at radius 2 is 1.78 bits per heavy atom. The molecule has 1 aliphatic heterocycles. The van der Waals surface area contributed by atoms with Gasteiger partial charge in [-0.1, -0.05) is 18.2 Å². The molecule has 184 valence electrons. The average Bonchev–Trinajstić information content (AvgIpc) is 3.41. The van der Waals surface area contributed by atoms with Crippen molar-refractivity contribution in [3.8, 4) is 5.75 Å². The van der Waals surface area contributed by atoms with Crippen LogP contribution in [-0.4, -0.2) is 40.0 Å². The standard InChI is InChI=1S/C28H27N3O4S/c1-17(2)34-22-11-9-20(10-12-22)28(33)23(15-18-6-5-7-21(14-18)31(3)4)26(27(32)35-28)19-8-13-24-25(16-19)30-36-29-24/h5-14,16-17,33H,15H2,1-4H3. The summed E-state index contributed by atoms with van der Waals surface area (Å²) in [5.74, 6) is -1.83. The lowest BCUT2D eigenvalue weighted by atomic mass is 9.88. The van der Waals surface area contributed by atoms with Crippen LogP contribution in [0.3, 0.4) is 0 Å². The second-order valence-electron chi connectivity index (χ2n) is 9.29. The van der Waals surface area contributed by atoms with Crippen LogP contribution in [0.4, 0.5) is 5.69 Å². The van der Waals surface area contributed by atoms with Crippen LogP contribution in [0.25, 0.3) is 16.6 Å². The number of cyclic esters (lactones) is 1. The van der Waals surface area contributed by atoms with E-state index in [1.165, 1.54) is 0 Å². The molecule has 0 radical (unpaired) electrons. The molecule has 0 saturated carbocycles. The number of anilines is 1. The van der Waals surface area contributed by atoms with Crippen LogP contribution in [0, 0.1) is 0 Å². The van der Waals surface area contributed by atoms with Gasteiger partial charge in [0.05, 0.1) is 23.4 Å². The molecule has 2 heterocycles. The van der Waals surface area contributed by atoms with E-state index < -0.39 is 11.8 Å². The molecule has 8 heteroatoms. The van der Waals surface area contributed by atoms with Gasteiger partial charge in [0.25, 0.3) is 5.79 Å². The van der Waals surface area contributed by atoms with Crippen molar-refractivity contribution < 1.29 is 19.4 Å². The van der Waals surface area contributed by atoms with E-state index in [2.05, 4.69) is 8.75 Å². The van der Waals surface area contributed by atoms with Gasteiger partial charge in [-0.15, -0.1) is 0 Å². The van der Waals surface area contributed by atoms with Gasteiger partial charge in [-0.2, -0.15) is 8.75 Å². The van der Waals surface area contributed by atoms with Crippen molar-refractivity contribution >= 4 is 40.0 Å². The molecule has 0 aliphatic carbocycles. The van der Waals surface area contributed by atoms with Gasteiger partial charge in [-0.05, 0) is 73.5 Å². The van der Waals surface area contributed by atoms with Crippen LogP contribution >= 0.6 is 11.7 Å². The molecule has 0 amide bonds. The topological polar surface area (TPSA) is 84.8 Å². The predicted octanol–water partition coefficient (Wildman–Crippen LogP) is 4.94. The van der Waals surface area contributed by atoms with Crippen LogP contribution in [0.15, 0.2) is 72.3 Å². The highest BCUT2D eigenvalue weighted by Gasteiger charge is 2.48. The molecule has 1 unspecified atom stereocenters. The van der Waals surface area contributed by atoms with E-state index in [1.807, 2.05) is 75.3 Å². The number of esters is 1. The first-order chi connectivity index (χ1) is 17.2. The van der Waals surface area contributed by atoms with E-state index in [-0.39, 0.29) is 6.10 Å². The Kier molecular flexibility index (Phi) is 6.24. The Bertz CT molecular complexity index is 1460. The van der Waals surface area contributed by atoms with Gasteiger partial charge in [0, 0.05) is 37.3 Å². The molecule has 0 bridgehead atoms. The maximum absolute atomic E-state index is 13.3. The van der Waals surface area contributed by atoms with Crippen LogP contribution in [0.2, 0.25) is 0 Å². The quantitative estimate of drug-likeness (QED) is 0.359. The first-order valence-corrected chi connectivity index (χ1v) is 12.4. The molecular formula is C28H27N3O4S. The van der Waals surface area contributed by atoms with E-state index in [9.17, 15) is 9.90 Å². The van der Waals surface area contributed by atoms with Gasteiger partial charge >= 0.3 is 5.97 Å². The van der Waals surface area contributed by atoms with Gasteiger partial charge < -0.3 is 19.5 Å². The monoisotopic (exact) mass is 501 g/mol. The van der Waals surface area contributed by atoms with Gasteiger partial charge in [0.15, 0.2) is 0 Å². The molecule has 36 heavy (non-hydrogen) atoms. The Balaban J connectivity index is 1.64. The molecule has 1 aromatic heterocycles. The lowest BCUT2D eigenvalue weighted by Gasteiger charge is -2.26. The summed E-state index contributed by atoms with van der Waals surface area (Å²) in [5.41, 5.74) is 5.32. The summed E-state index contributed by atoms with van der Waals surface area (Å²) in [6, 6.07) is 20.5. The number of nitrogens with zero attached hydrogens (tertiary/aromatic N) is 3. The van der Waals surface area contributed by atoms with Gasteiger partial charge in [-0.25, -0.2) is 4.79 Å². The van der Waals surface area contributed by atoms with Crippen LogP contribution in [0.1, 0.15) is 30.5 Å². The Morgan fingerprint density at radius 3 is 2.50 bits per heavy atom. The Morgan fingerprint density at radius 1 is 1.03 bits per heavy atom. The SMILES string of the molecule is CC(C)Oc1ccc(C2(O)OC(=O)C(c3ccc4nsnc4c3)=C2Cc2cccc(N(C)C)c2)cc1. The minimum absolute atomic E-state index is 0.0180. The summed E-state index contributed by atoms with van der Waals surface area (Å²) in [7, 11) is 3.94. The minimum atomic E-state index is -1.92. The molecule has 4 aromatic rings. The Labute approximate surface area is 213 Å². The normalized spacial score (nSPS) is 17.7. The fourth-order valence-corrected chi connectivity index (χ4v) is 4.91. The fourth-order valence-electron chi connectivity index (χ4n) is 4.39. The van der Waals surface area contributed by atoms with Crippen molar-refractivity contribution in [1.29, 1.82) is 0 Å². The highest BCUT2D eigenvalue weighted by molar-refractivity contribution is 7.00. The predicted molar refractivity (Wildman–Crippen MR) is 141 cm³/mol. The van der Waals surface area contributed by atoms with Gasteiger partial charge in [0.1, 0.15) is 16.8 Å². The summed E-state index contributed by atoms with van der Waals surface area (Å²) in [5, 5.41) is 11.9. The van der Waals surface area contributed by atoms with E-state index >= 15 is 0 Å². The summed E-state index contributed by atoms with van der Waals surface area (Å²) in [6.07, 6.45) is 0.334. The highest BCUT2D eigenvalue weighted by Crippen LogP contribution is 2.45. The van der Waals surface area contributed by atoms with Gasteiger partial charge in [0.2, 0.25) is 0 Å². The maximum atomic E-state index is 13.3. The lowest BCUT2D eigenvalue weighted by Crippen LogP contribution is -2.29. The molecule has 0 fully saturated rings. The molecular weight excluding hydrogens is 474 g/mol. The average molecular weight is 502 g/mol. The maximum Gasteiger partial charge on any atom is 0.342 e. The number of carbonyl (C=O) groups excluding carboxylic acids is 1. The first-order valence-electron chi connectivity index (χ1n) is 11.7. The highest BCUT2D eigenvalue weighted by atomic mass is 32.1. The molecule has 0 spiro atoms. The number of rotatable bonds is 7.